The van der Waals surface area contributed by atoms with E-state index >= 15 is 0 Å². The Balaban J connectivity index is 1.48. The van der Waals surface area contributed by atoms with Crippen LogP contribution < -0.4 is 0 Å². The van der Waals surface area contributed by atoms with Gasteiger partial charge in [-0.15, -0.1) is 0 Å². The molecule has 3 aliphatic rings. The first-order valence-electron chi connectivity index (χ1n) is 11.3. The van der Waals surface area contributed by atoms with E-state index < -0.39 is 6.04 Å². The molecule has 5 rings (SSSR count). The third-order valence-electron chi connectivity index (χ3n) is 6.46. The fourth-order valence-electron chi connectivity index (χ4n) is 4.70. The molecule has 2 aromatic rings. The van der Waals surface area contributed by atoms with Gasteiger partial charge in [0.05, 0.1) is 0 Å². The molecule has 0 bridgehead atoms. The third kappa shape index (κ3) is 4.12. The van der Waals surface area contributed by atoms with Crippen molar-refractivity contribution in [3.05, 3.63) is 119 Å². The lowest BCUT2D eigenvalue weighted by molar-refractivity contribution is -0.135. The lowest BCUT2D eigenvalue weighted by Gasteiger charge is -2.38. The molecule has 0 spiro atoms. The Morgan fingerprint density at radius 1 is 0.818 bits per heavy atom. The van der Waals surface area contributed by atoms with Crippen LogP contribution in [0.4, 0.5) is 0 Å². The number of carbonyl (C=O) groups excluding carboxylic acids is 2. The van der Waals surface area contributed by atoms with Crippen LogP contribution in [0.3, 0.4) is 0 Å². The molecule has 0 N–H and O–H groups in total. The lowest BCUT2D eigenvalue weighted by atomic mass is 9.92. The highest BCUT2D eigenvalue weighted by atomic mass is 16.2. The van der Waals surface area contributed by atoms with Gasteiger partial charge in [0, 0.05) is 32.1 Å². The molecule has 4 heteroatoms. The Bertz CT molecular complexity index is 1270. The normalized spacial score (nSPS) is 15.2. The molecule has 0 fully saturated rings. The summed E-state index contributed by atoms with van der Waals surface area (Å²) in [5.74, 6) is -0.139. The van der Waals surface area contributed by atoms with E-state index in [4.69, 9.17) is 0 Å². The van der Waals surface area contributed by atoms with Crippen molar-refractivity contribution in [3.63, 3.8) is 0 Å². The summed E-state index contributed by atoms with van der Waals surface area (Å²) in [6.07, 6.45) is 0.520. The average molecular weight is 435 g/mol. The van der Waals surface area contributed by atoms with Gasteiger partial charge in [0.15, 0.2) is 0 Å². The van der Waals surface area contributed by atoms with Crippen LogP contribution >= 0.6 is 0 Å². The first-order chi connectivity index (χ1) is 16.1. The monoisotopic (exact) mass is 434 g/mol. The minimum Gasteiger partial charge on any atom is -0.340 e. The molecule has 0 saturated carbocycles. The van der Waals surface area contributed by atoms with Gasteiger partial charge in [-0.25, -0.2) is 0 Å². The second-order valence-electron chi connectivity index (χ2n) is 8.63. The van der Waals surface area contributed by atoms with Crippen molar-refractivity contribution in [1.29, 1.82) is 0 Å². The Kier molecular flexibility index (Phi) is 5.66. The summed E-state index contributed by atoms with van der Waals surface area (Å²) in [5, 5.41) is 0. The number of carbonyl (C=O) groups is 2. The first-order valence-corrected chi connectivity index (χ1v) is 11.3. The van der Waals surface area contributed by atoms with E-state index in [2.05, 4.69) is 6.07 Å². The third-order valence-corrected chi connectivity index (χ3v) is 6.46. The second kappa shape index (κ2) is 8.91. The molecule has 164 valence electrons. The second-order valence-corrected chi connectivity index (χ2v) is 8.63. The number of benzene rings is 2. The SMILES string of the molecule is CN(Cc1ccccc1)C(=O)C1Cc2ccccc2CN1C(=O)c1ccc2cccccc1-2. The molecule has 1 aliphatic heterocycles. The van der Waals surface area contributed by atoms with Gasteiger partial charge in [-0.3, -0.25) is 9.59 Å². The van der Waals surface area contributed by atoms with E-state index in [1.54, 1.807) is 9.80 Å². The zero-order valence-corrected chi connectivity index (χ0v) is 18.6. The Labute approximate surface area is 194 Å². The molecule has 4 nitrogen and oxygen atoms in total. The van der Waals surface area contributed by atoms with Crippen LogP contribution in [0.5, 0.6) is 0 Å². The first kappa shape index (κ1) is 21.0. The van der Waals surface area contributed by atoms with E-state index in [0.29, 0.717) is 25.1 Å². The van der Waals surface area contributed by atoms with Gasteiger partial charge in [0.2, 0.25) is 5.91 Å². The summed E-state index contributed by atoms with van der Waals surface area (Å²) in [6.45, 7) is 0.936. The van der Waals surface area contributed by atoms with E-state index in [1.807, 2.05) is 98.0 Å². The van der Waals surface area contributed by atoms with Crippen LogP contribution in [0.2, 0.25) is 0 Å². The minimum atomic E-state index is -0.538. The van der Waals surface area contributed by atoms with Gasteiger partial charge >= 0.3 is 0 Å². The number of amides is 2. The van der Waals surface area contributed by atoms with Crippen molar-refractivity contribution in [2.24, 2.45) is 0 Å². The number of rotatable bonds is 4. The molecule has 1 heterocycles. The molecule has 1 unspecified atom stereocenters. The number of nitrogens with zero attached hydrogens (tertiary/aromatic N) is 2. The van der Waals surface area contributed by atoms with Crippen molar-refractivity contribution in [3.8, 4) is 11.1 Å². The quantitative estimate of drug-likeness (QED) is 0.453. The summed E-state index contributed by atoms with van der Waals surface area (Å²) in [7, 11) is 1.82. The molecule has 2 aromatic carbocycles. The lowest BCUT2D eigenvalue weighted by Crippen LogP contribution is -2.52. The van der Waals surface area contributed by atoms with Crippen molar-refractivity contribution in [1.82, 2.24) is 9.80 Å². The van der Waals surface area contributed by atoms with Crippen LogP contribution in [-0.2, 0) is 24.3 Å². The van der Waals surface area contributed by atoms with E-state index in [1.165, 1.54) is 0 Å². The molecule has 0 saturated heterocycles. The van der Waals surface area contributed by atoms with Crippen molar-refractivity contribution >= 4 is 11.8 Å². The highest BCUT2D eigenvalue weighted by Gasteiger charge is 2.37. The van der Waals surface area contributed by atoms with Crippen LogP contribution in [0, 0.1) is 0 Å². The van der Waals surface area contributed by atoms with Crippen LogP contribution in [0.1, 0.15) is 27.0 Å². The standard InChI is InChI=1S/C29H26N2O2/c1-30(19-21-10-4-2-5-11-21)29(33)27-18-23-13-8-9-14-24(23)20-31(27)28(32)26-17-16-22-12-6-3-7-15-25(22)26/h2-17,27H,18-20H2,1H3. The predicted octanol–water partition coefficient (Wildman–Crippen LogP) is 5.02. The minimum absolute atomic E-state index is 0.0388. The summed E-state index contributed by atoms with van der Waals surface area (Å²) >= 11 is 0. The zero-order valence-electron chi connectivity index (χ0n) is 18.6. The Hall–Kier alpha value is -3.92. The average Bonchev–Trinajstić information content (AvgIpc) is 3.10. The summed E-state index contributed by atoms with van der Waals surface area (Å²) in [5.41, 5.74) is 5.87. The molecule has 0 aromatic heterocycles. The maximum Gasteiger partial charge on any atom is 0.255 e. The van der Waals surface area contributed by atoms with E-state index in [0.717, 1.165) is 27.8 Å². The van der Waals surface area contributed by atoms with Crippen LogP contribution in [-0.4, -0.2) is 34.7 Å². The molecular weight excluding hydrogens is 408 g/mol. The van der Waals surface area contributed by atoms with Crippen molar-refractivity contribution < 1.29 is 9.59 Å². The molecule has 0 radical (unpaired) electrons. The fraction of sp³-hybridized carbons (Fsp3) is 0.172. The number of likely N-dealkylation sites (N-methyl/N-ethyl adjacent to an activating group) is 1. The number of hydrogen-bond acceptors (Lipinski definition) is 2. The largest absolute Gasteiger partial charge is 0.340 e. The van der Waals surface area contributed by atoms with Gasteiger partial charge in [-0.05, 0) is 33.9 Å². The maximum atomic E-state index is 13.8. The van der Waals surface area contributed by atoms with Gasteiger partial charge in [0.25, 0.3) is 5.91 Å². The van der Waals surface area contributed by atoms with Gasteiger partial charge in [-0.2, -0.15) is 0 Å². The number of hydrogen-bond donors (Lipinski definition) is 0. The topological polar surface area (TPSA) is 40.6 Å². The molecule has 2 aliphatic carbocycles. The van der Waals surface area contributed by atoms with Crippen LogP contribution in [0.25, 0.3) is 11.1 Å². The molecular formula is C29H26N2O2. The van der Waals surface area contributed by atoms with Gasteiger partial charge in [0.1, 0.15) is 6.04 Å². The summed E-state index contributed by atoms with van der Waals surface area (Å²) in [4.78, 5) is 31.0. The Morgan fingerprint density at radius 2 is 1.48 bits per heavy atom. The van der Waals surface area contributed by atoms with Crippen LogP contribution in [0.15, 0.2) is 97.1 Å². The highest BCUT2D eigenvalue weighted by Crippen LogP contribution is 2.31. The number of fused-ring (bicyclic) bond motifs is 2. The van der Waals surface area contributed by atoms with Crippen molar-refractivity contribution in [2.45, 2.75) is 25.6 Å². The van der Waals surface area contributed by atoms with Gasteiger partial charge in [-0.1, -0.05) is 91.0 Å². The molecule has 1 atom stereocenters. The fourth-order valence-corrected chi connectivity index (χ4v) is 4.70. The molecule has 2 amide bonds. The van der Waals surface area contributed by atoms with E-state index in [9.17, 15) is 9.59 Å². The Morgan fingerprint density at radius 3 is 2.27 bits per heavy atom. The van der Waals surface area contributed by atoms with E-state index in [-0.39, 0.29) is 11.8 Å². The van der Waals surface area contributed by atoms with Gasteiger partial charge < -0.3 is 9.80 Å². The van der Waals surface area contributed by atoms with Crippen molar-refractivity contribution in [2.75, 3.05) is 7.05 Å². The smallest absolute Gasteiger partial charge is 0.255 e. The predicted molar refractivity (Wildman–Crippen MR) is 130 cm³/mol. The summed E-state index contributed by atoms with van der Waals surface area (Å²) < 4.78 is 0. The maximum absolute atomic E-state index is 13.8. The summed E-state index contributed by atoms with van der Waals surface area (Å²) in [6, 6.07) is 31.2. The zero-order chi connectivity index (χ0) is 22.8. The molecule has 33 heavy (non-hydrogen) atoms. The highest BCUT2D eigenvalue weighted by molar-refractivity contribution is 6.04.